The van der Waals surface area contributed by atoms with E-state index in [9.17, 15) is 0 Å². The predicted octanol–water partition coefficient (Wildman–Crippen LogP) is 4.12. The van der Waals surface area contributed by atoms with E-state index in [-0.39, 0.29) is 0 Å². The van der Waals surface area contributed by atoms with E-state index in [1.165, 1.54) is 16.7 Å². The number of nitrogens with one attached hydrogen (secondary N) is 1. The lowest BCUT2D eigenvalue weighted by atomic mass is 9.73. The van der Waals surface area contributed by atoms with Crippen LogP contribution in [-0.4, -0.2) is 13.1 Å². The largest absolute Gasteiger partial charge is 0.316 e. The van der Waals surface area contributed by atoms with Gasteiger partial charge in [0.25, 0.3) is 0 Å². The summed E-state index contributed by atoms with van der Waals surface area (Å²) in [6.45, 7) is 15.9. The third kappa shape index (κ3) is 3.58. The number of rotatable bonds is 6. The molecule has 1 unspecified atom stereocenters. The molecule has 1 nitrogen and oxygen atoms in total. The second-order valence-corrected chi connectivity index (χ2v) is 6.14. The number of aryl methyl sites for hydroxylation is 2. The normalized spacial score (nSPS) is 14.8. The highest BCUT2D eigenvalue weighted by molar-refractivity contribution is 5.34. The first-order chi connectivity index (χ1) is 8.40. The lowest BCUT2D eigenvalue weighted by Gasteiger charge is -2.35. The summed E-state index contributed by atoms with van der Waals surface area (Å²) in [4.78, 5) is 0. The van der Waals surface area contributed by atoms with E-state index in [4.69, 9.17) is 0 Å². The molecule has 1 aromatic carbocycles. The maximum atomic E-state index is 3.53. The van der Waals surface area contributed by atoms with Gasteiger partial charge in [-0.1, -0.05) is 45.9 Å². The smallest absolute Gasteiger partial charge is 0.00107 e. The minimum absolute atomic E-state index is 0.326. The fourth-order valence-electron chi connectivity index (χ4n) is 2.41. The molecular formula is C17H29N. The van der Waals surface area contributed by atoms with Crippen molar-refractivity contribution in [2.45, 2.75) is 48.0 Å². The van der Waals surface area contributed by atoms with E-state index in [2.05, 4.69) is 65.1 Å². The fourth-order valence-corrected chi connectivity index (χ4v) is 2.41. The summed E-state index contributed by atoms with van der Waals surface area (Å²) >= 11 is 0. The standard InChI is InChI=1S/C17H29N/c1-7-18-12-17(6,13(2)3)11-16-14(4)9-8-10-15(16)5/h8-10,13,18H,7,11-12H2,1-6H3. The molecule has 0 aromatic heterocycles. The van der Waals surface area contributed by atoms with Crippen molar-refractivity contribution in [3.05, 3.63) is 34.9 Å². The Balaban J connectivity index is 2.96. The molecule has 0 saturated heterocycles. The van der Waals surface area contributed by atoms with Crippen molar-refractivity contribution in [1.29, 1.82) is 0 Å². The molecule has 102 valence electrons. The maximum Gasteiger partial charge on any atom is 0.00107 e. The number of hydrogen-bond acceptors (Lipinski definition) is 1. The second kappa shape index (κ2) is 6.38. The lowest BCUT2D eigenvalue weighted by Crippen LogP contribution is -2.38. The van der Waals surface area contributed by atoms with Crippen molar-refractivity contribution in [2.75, 3.05) is 13.1 Å². The first kappa shape index (κ1) is 15.2. The maximum absolute atomic E-state index is 3.53. The molecule has 0 saturated carbocycles. The fraction of sp³-hybridized carbons (Fsp3) is 0.647. The van der Waals surface area contributed by atoms with Crippen molar-refractivity contribution >= 4 is 0 Å². The summed E-state index contributed by atoms with van der Waals surface area (Å²) in [5.74, 6) is 0.676. The summed E-state index contributed by atoms with van der Waals surface area (Å²) in [5, 5.41) is 3.53. The molecule has 0 fully saturated rings. The van der Waals surface area contributed by atoms with Gasteiger partial charge in [-0.05, 0) is 54.8 Å². The average Bonchev–Trinajstić information content (AvgIpc) is 2.31. The van der Waals surface area contributed by atoms with Gasteiger partial charge in [-0.25, -0.2) is 0 Å². The van der Waals surface area contributed by atoms with Crippen molar-refractivity contribution in [3.63, 3.8) is 0 Å². The molecule has 0 radical (unpaired) electrons. The SMILES string of the molecule is CCNCC(C)(Cc1c(C)cccc1C)C(C)C. The van der Waals surface area contributed by atoms with Gasteiger partial charge in [0.1, 0.15) is 0 Å². The van der Waals surface area contributed by atoms with Crippen LogP contribution in [0.5, 0.6) is 0 Å². The minimum Gasteiger partial charge on any atom is -0.316 e. The minimum atomic E-state index is 0.326. The van der Waals surface area contributed by atoms with Crippen molar-refractivity contribution in [3.8, 4) is 0 Å². The van der Waals surface area contributed by atoms with Crippen LogP contribution in [0.25, 0.3) is 0 Å². The Morgan fingerprint density at radius 1 is 1.17 bits per heavy atom. The van der Waals surface area contributed by atoms with Gasteiger partial charge in [-0.2, -0.15) is 0 Å². The summed E-state index contributed by atoms with van der Waals surface area (Å²) in [6, 6.07) is 6.62. The van der Waals surface area contributed by atoms with Gasteiger partial charge in [0.2, 0.25) is 0 Å². The van der Waals surface area contributed by atoms with E-state index >= 15 is 0 Å². The highest BCUT2D eigenvalue weighted by Gasteiger charge is 2.29. The Bertz CT molecular complexity index is 361. The van der Waals surface area contributed by atoms with E-state index in [0.29, 0.717) is 11.3 Å². The van der Waals surface area contributed by atoms with Crippen LogP contribution in [0.15, 0.2) is 18.2 Å². The molecule has 0 spiro atoms. The summed E-state index contributed by atoms with van der Waals surface area (Å²) in [5.41, 5.74) is 4.72. The second-order valence-electron chi connectivity index (χ2n) is 6.14. The average molecular weight is 247 g/mol. The predicted molar refractivity (Wildman–Crippen MR) is 81.1 cm³/mol. The van der Waals surface area contributed by atoms with Gasteiger partial charge in [0.15, 0.2) is 0 Å². The van der Waals surface area contributed by atoms with E-state index in [0.717, 1.165) is 19.5 Å². The first-order valence-electron chi connectivity index (χ1n) is 7.16. The summed E-state index contributed by atoms with van der Waals surface area (Å²) in [6.07, 6.45) is 1.16. The monoisotopic (exact) mass is 247 g/mol. The Kier molecular flexibility index (Phi) is 5.40. The first-order valence-corrected chi connectivity index (χ1v) is 7.16. The van der Waals surface area contributed by atoms with Crippen LogP contribution >= 0.6 is 0 Å². The molecule has 1 aromatic rings. The van der Waals surface area contributed by atoms with Crippen molar-refractivity contribution < 1.29 is 0 Å². The molecule has 0 aliphatic rings. The zero-order chi connectivity index (χ0) is 13.8. The Hall–Kier alpha value is -0.820. The lowest BCUT2D eigenvalue weighted by molar-refractivity contribution is 0.208. The molecule has 1 heteroatoms. The summed E-state index contributed by atoms with van der Waals surface area (Å²) in [7, 11) is 0. The van der Waals surface area contributed by atoms with Crippen LogP contribution in [0.4, 0.5) is 0 Å². The topological polar surface area (TPSA) is 12.0 Å². The van der Waals surface area contributed by atoms with Gasteiger partial charge in [-0.15, -0.1) is 0 Å². The molecule has 0 aliphatic carbocycles. The Morgan fingerprint density at radius 2 is 1.72 bits per heavy atom. The van der Waals surface area contributed by atoms with Gasteiger partial charge in [0, 0.05) is 6.54 Å². The van der Waals surface area contributed by atoms with Crippen LogP contribution in [0.3, 0.4) is 0 Å². The molecule has 1 atom stereocenters. The van der Waals surface area contributed by atoms with Crippen LogP contribution in [0.1, 0.15) is 44.4 Å². The quantitative estimate of drug-likeness (QED) is 0.797. The molecule has 0 bridgehead atoms. The molecule has 1 rings (SSSR count). The van der Waals surface area contributed by atoms with Crippen LogP contribution in [0.2, 0.25) is 0 Å². The van der Waals surface area contributed by atoms with Crippen molar-refractivity contribution in [1.82, 2.24) is 5.32 Å². The van der Waals surface area contributed by atoms with Gasteiger partial charge in [0.05, 0.1) is 0 Å². The van der Waals surface area contributed by atoms with Crippen LogP contribution in [-0.2, 0) is 6.42 Å². The molecule has 0 amide bonds. The molecule has 0 heterocycles. The van der Waals surface area contributed by atoms with Gasteiger partial charge >= 0.3 is 0 Å². The zero-order valence-electron chi connectivity index (χ0n) is 12.9. The number of benzene rings is 1. The molecule has 1 N–H and O–H groups in total. The Labute approximate surface area is 113 Å². The van der Waals surface area contributed by atoms with Crippen LogP contribution in [0, 0.1) is 25.2 Å². The van der Waals surface area contributed by atoms with Gasteiger partial charge in [-0.3, -0.25) is 0 Å². The summed E-state index contributed by atoms with van der Waals surface area (Å²) < 4.78 is 0. The third-order valence-corrected chi connectivity index (χ3v) is 4.40. The zero-order valence-corrected chi connectivity index (χ0v) is 12.9. The van der Waals surface area contributed by atoms with Crippen molar-refractivity contribution in [2.24, 2.45) is 11.3 Å². The van der Waals surface area contributed by atoms with Crippen LogP contribution < -0.4 is 5.32 Å². The Morgan fingerprint density at radius 3 is 2.17 bits per heavy atom. The third-order valence-electron chi connectivity index (χ3n) is 4.40. The highest BCUT2D eigenvalue weighted by Crippen LogP contribution is 2.32. The number of hydrogen-bond donors (Lipinski definition) is 1. The molecule has 18 heavy (non-hydrogen) atoms. The van der Waals surface area contributed by atoms with Gasteiger partial charge < -0.3 is 5.32 Å². The highest BCUT2D eigenvalue weighted by atomic mass is 14.9. The van der Waals surface area contributed by atoms with E-state index < -0.39 is 0 Å². The van der Waals surface area contributed by atoms with E-state index in [1.807, 2.05) is 0 Å². The van der Waals surface area contributed by atoms with E-state index in [1.54, 1.807) is 0 Å². The molecule has 0 aliphatic heterocycles. The molecular weight excluding hydrogens is 218 g/mol.